The number of carbonyl (C=O) groups is 1. The van der Waals surface area contributed by atoms with Gasteiger partial charge in [-0.05, 0) is 49.2 Å². The van der Waals surface area contributed by atoms with Crippen LogP contribution in [0.15, 0.2) is 53.5 Å². The van der Waals surface area contributed by atoms with Gasteiger partial charge >= 0.3 is 0 Å². The normalized spacial score (nSPS) is 15.4. The van der Waals surface area contributed by atoms with Gasteiger partial charge in [0.25, 0.3) is 0 Å². The lowest BCUT2D eigenvalue weighted by Gasteiger charge is -2.29. The van der Waals surface area contributed by atoms with E-state index in [9.17, 15) is 4.79 Å². The number of rotatable bonds is 8. The van der Waals surface area contributed by atoms with Crippen LogP contribution in [0.5, 0.6) is 5.75 Å². The van der Waals surface area contributed by atoms with Crippen LogP contribution in [-0.2, 0) is 11.3 Å². The van der Waals surface area contributed by atoms with Crippen molar-refractivity contribution in [2.45, 2.75) is 32.4 Å². The van der Waals surface area contributed by atoms with E-state index < -0.39 is 0 Å². The molecule has 3 N–H and O–H groups in total. The predicted octanol–water partition coefficient (Wildman–Crippen LogP) is 3.16. The predicted molar refractivity (Wildman–Crippen MR) is 125 cm³/mol. The smallest absolute Gasteiger partial charge is 0.221 e. The summed E-state index contributed by atoms with van der Waals surface area (Å²) in [4.78, 5) is 18.4. The Morgan fingerprint density at radius 1 is 1.13 bits per heavy atom. The third-order valence-corrected chi connectivity index (χ3v) is 5.49. The molecule has 0 aliphatic carbocycles. The van der Waals surface area contributed by atoms with E-state index >= 15 is 0 Å². The van der Waals surface area contributed by atoms with Gasteiger partial charge in [-0.1, -0.05) is 36.4 Å². The van der Waals surface area contributed by atoms with Crippen molar-refractivity contribution in [2.24, 2.45) is 4.99 Å². The van der Waals surface area contributed by atoms with Gasteiger partial charge in [-0.3, -0.25) is 14.7 Å². The van der Waals surface area contributed by atoms with Crippen molar-refractivity contribution in [2.75, 3.05) is 39.1 Å². The molecule has 7 nitrogen and oxygen atoms in total. The minimum atomic E-state index is -0.130. The van der Waals surface area contributed by atoms with Crippen molar-refractivity contribution in [3.05, 3.63) is 59.7 Å². The van der Waals surface area contributed by atoms with Gasteiger partial charge in [-0.2, -0.15) is 0 Å². The molecule has 0 radical (unpaired) electrons. The van der Waals surface area contributed by atoms with E-state index in [1.807, 2.05) is 18.2 Å². The first-order chi connectivity index (χ1) is 15.1. The second-order valence-electron chi connectivity index (χ2n) is 7.69. The highest BCUT2D eigenvalue weighted by molar-refractivity contribution is 5.90. The van der Waals surface area contributed by atoms with Gasteiger partial charge in [0.2, 0.25) is 5.91 Å². The van der Waals surface area contributed by atoms with Crippen molar-refractivity contribution in [3.8, 4) is 5.75 Å². The molecule has 1 saturated heterocycles. The Morgan fingerprint density at radius 3 is 2.52 bits per heavy atom. The Bertz CT molecular complexity index is 879. The van der Waals surface area contributed by atoms with Crippen LogP contribution in [0, 0.1) is 0 Å². The Hall–Kier alpha value is -3.06. The van der Waals surface area contributed by atoms with E-state index in [-0.39, 0.29) is 5.91 Å². The lowest BCUT2D eigenvalue weighted by molar-refractivity contribution is -0.114. The minimum absolute atomic E-state index is 0.130. The quantitative estimate of drug-likeness (QED) is 0.449. The van der Waals surface area contributed by atoms with E-state index in [0.717, 1.165) is 31.2 Å². The van der Waals surface area contributed by atoms with Crippen LogP contribution in [0.2, 0.25) is 0 Å². The zero-order chi connectivity index (χ0) is 22.1. The van der Waals surface area contributed by atoms with Crippen LogP contribution in [0.1, 0.15) is 36.9 Å². The van der Waals surface area contributed by atoms with Crippen LogP contribution in [0.4, 0.5) is 5.69 Å². The van der Waals surface area contributed by atoms with E-state index in [4.69, 9.17) is 4.74 Å². The number of hydrogen-bond donors (Lipinski definition) is 3. The summed E-state index contributed by atoms with van der Waals surface area (Å²) in [5.74, 6) is 1.25. The summed E-state index contributed by atoms with van der Waals surface area (Å²) in [5, 5.41) is 9.67. The Labute approximate surface area is 184 Å². The number of amides is 1. The highest BCUT2D eigenvalue weighted by atomic mass is 16.5. The summed E-state index contributed by atoms with van der Waals surface area (Å²) in [6.07, 6.45) is 2.51. The fourth-order valence-electron chi connectivity index (χ4n) is 3.94. The third-order valence-electron chi connectivity index (χ3n) is 5.49. The van der Waals surface area contributed by atoms with Gasteiger partial charge in [-0.25, -0.2) is 0 Å². The molecule has 1 fully saturated rings. The van der Waals surface area contributed by atoms with Crippen LogP contribution >= 0.6 is 0 Å². The molecule has 0 aromatic heterocycles. The van der Waals surface area contributed by atoms with Gasteiger partial charge in [-0.15, -0.1) is 0 Å². The number of likely N-dealkylation sites (tertiary alicyclic amines) is 1. The number of hydrogen-bond acceptors (Lipinski definition) is 4. The molecule has 0 saturated carbocycles. The molecule has 1 amide bonds. The first-order valence-electron chi connectivity index (χ1n) is 10.8. The average Bonchev–Trinajstić information content (AvgIpc) is 3.31. The first-order valence-corrected chi connectivity index (χ1v) is 10.8. The molecule has 7 heteroatoms. The minimum Gasteiger partial charge on any atom is -0.495 e. The molecule has 166 valence electrons. The number of carbonyl (C=O) groups excluding carboxylic acids is 1. The number of guanidine groups is 1. The second-order valence-corrected chi connectivity index (χ2v) is 7.69. The SMILES string of the molecule is CN=C(NCc1ccc(OC)c(NC(C)=O)c1)NCC(c1ccccc1)N1CCCC1. The molecule has 1 unspecified atom stereocenters. The van der Waals surface area contributed by atoms with Crippen LogP contribution in [0.3, 0.4) is 0 Å². The van der Waals surface area contributed by atoms with Crippen LogP contribution < -0.4 is 20.7 Å². The maximum Gasteiger partial charge on any atom is 0.221 e. The Balaban J connectivity index is 1.61. The van der Waals surface area contributed by atoms with Crippen molar-refractivity contribution in [1.82, 2.24) is 15.5 Å². The molecule has 1 heterocycles. The van der Waals surface area contributed by atoms with Crippen molar-refractivity contribution < 1.29 is 9.53 Å². The number of nitrogens with one attached hydrogen (secondary N) is 3. The second kappa shape index (κ2) is 11.4. The van der Waals surface area contributed by atoms with E-state index in [1.54, 1.807) is 14.2 Å². The van der Waals surface area contributed by atoms with Crippen molar-refractivity contribution in [3.63, 3.8) is 0 Å². The molecule has 2 aromatic rings. The van der Waals surface area contributed by atoms with Crippen LogP contribution in [0.25, 0.3) is 0 Å². The van der Waals surface area contributed by atoms with E-state index in [0.29, 0.717) is 24.0 Å². The largest absolute Gasteiger partial charge is 0.495 e. The molecular formula is C24H33N5O2. The molecule has 3 rings (SSSR count). The highest BCUT2D eigenvalue weighted by Crippen LogP contribution is 2.26. The molecule has 2 aromatic carbocycles. The summed E-state index contributed by atoms with van der Waals surface area (Å²) in [6, 6.07) is 16.7. The maximum absolute atomic E-state index is 11.5. The molecule has 0 bridgehead atoms. The molecular weight excluding hydrogens is 390 g/mol. The van der Waals surface area contributed by atoms with Gasteiger partial charge in [0.1, 0.15) is 5.75 Å². The number of anilines is 1. The standard InChI is InChI=1S/C24H33N5O2/c1-18(30)28-21-15-19(11-12-23(21)31-3)16-26-24(25-2)27-17-22(29-13-7-8-14-29)20-9-5-4-6-10-20/h4-6,9-12,15,22H,7-8,13-14,16-17H2,1-3H3,(H,28,30)(H2,25,26,27). The zero-order valence-corrected chi connectivity index (χ0v) is 18.6. The number of ether oxygens (including phenoxy) is 1. The van der Waals surface area contributed by atoms with Crippen molar-refractivity contribution >= 4 is 17.6 Å². The lowest BCUT2D eigenvalue weighted by atomic mass is 10.1. The van der Waals surface area contributed by atoms with Gasteiger partial charge in [0.15, 0.2) is 5.96 Å². The molecule has 1 aliphatic heterocycles. The van der Waals surface area contributed by atoms with E-state index in [2.05, 4.69) is 56.2 Å². The molecule has 0 spiro atoms. The summed E-state index contributed by atoms with van der Waals surface area (Å²) >= 11 is 0. The number of methoxy groups -OCH3 is 1. The van der Waals surface area contributed by atoms with Gasteiger partial charge in [0.05, 0.1) is 18.8 Å². The number of benzene rings is 2. The third kappa shape index (κ3) is 6.46. The topological polar surface area (TPSA) is 78.0 Å². The van der Waals surface area contributed by atoms with E-state index in [1.165, 1.54) is 25.3 Å². The molecule has 1 aliphatic rings. The maximum atomic E-state index is 11.5. The summed E-state index contributed by atoms with van der Waals surface area (Å²) in [7, 11) is 3.37. The fraction of sp³-hybridized carbons (Fsp3) is 0.417. The van der Waals surface area contributed by atoms with Gasteiger partial charge < -0.3 is 20.7 Å². The molecule has 1 atom stereocenters. The van der Waals surface area contributed by atoms with Crippen LogP contribution in [-0.4, -0.2) is 50.6 Å². The zero-order valence-electron chi connectivity index (χ0n) is 18.6. The summed E-state index contributed by atoms with van der Waals surface area (Å²) in [6.45, 7) is 5.11. The first kappa shape index (κ1) is 22.6. The van der Waals surface area contributed by atoms with Crippen molar-refractivity contribution in [1.29, 1.82) is 0 Å². The lowest BCUT2D eigenvalue weighted by Crippen LogP contribution is -2.42. The summed E-state index contributed by atoms with van der Waals surface area (Å²) < 4.78 is 5.33. The molecule has 31 heavy (non-hydrogen) atoms. The Morgan fingerprint density at radius 2 is 1.87 bits per heavy atom. The highest BCUT2D eigenvalue weighted by Gasteiger charge is 2.23. The fourth-order valence-corrected chi connectivity index (χ4v) is 3.94. The van der Waals surface area contributed by atoms with Gasteiger partial charge in [0, 0.05) is 27.1 Å². The Kier molecular flexibility index (Phi) is 8.29. The monoisotopic (exact) mass is 423 g/mol. The average molecular weight is 424 g/mol. The number of aliphatic imine (C=N–C) groups is 1. The summed E-state index contributed by atoms with van der Waals surface area (Å²) in [5.41, 5.74) is 3.00. The number of nitrogens with zero attached hydrogens (tertiary/aromatic N) is 2.